The summed E-state index contributed by atoms with van der Waals surface area (Å²) in [7, 11) is -1.36. The van der Waals surface area contributed by atoms with Crippen molar-refractivity contribution >= 4 is 12.6 Å². The van der Waals surface area contributed by atoms with Crippen molar-refractivity contribution in [2.45, 2.75) is 27.2 Å². The molecule has 0 spiro atoms. The van der Waals surface area contributed by atoms with Crippen LogP contribution in [0.15, 0.2) is 18.2 Å². The fourth-order valence-corrected chi connectivity index (χ4v) is 1.63. The summed E-state index contributed by atoms with van der Waals surface area (Å²) in [6.45, 7) is 6.27. The first-order valence-corrected chi connectivity index (χ1v) is 4.95. The molecule has 2 N–H and O–H groups in total. The van der Waals surface area contributed by atoms with Crippen molar-refractivity contribution in [3.05, 3.63) is 29.3 Å². The van der Waals surface area contributed by atoms with E-state index in [0.29, 0.717) is 11.4 Å². The van der Waals surface area contributed by atoms with Gasteiger partial charge in [0.2, 0.25) is 0 Å². The molecule has 1 rings (SSSR count). The van der Waals surface area contributed by atoms with Crippen molar-refractivity contribution in [3.8, 4) is 0 Å². The number of rotatable bonds is 3. The van der Waals surface area contributed by atoms with E-state index >= 15 is 0 Å². The van der Waals surface area contributed by atoms with Gasteiger partial charge in [0, 0.05) is 0 Å². The minimum atomic E-state index is -1.36. The molecule has 0 aromatic heterocycles. The summed E-state index contributed by atoms with van der Waals surface area (Å²) in [6.07, 6.45) is 0.974. The molecular weight excluding hydrogens is 175 g/mol. The van der Waals surface area contributed by atoms with Crippen LogP contribution in [0.3, 0.4) is 0 Å². The lowest BCUT2D eigenvalue weighted by Crippen LogP contribution is -2.30. The molecule has 1 aromatic rings. The minimum Gasteiger partial charge on any atom is -0.423 e. The second-order valence-electron chi connectivity index (χ2n) is 4.22. The molecule has 76 valence electrons. The highest BCUT2D eigenvalue weighted by atomic mass is 16.4. The number of hydrogen-bond acceptors (Lipinski definition) is 2. The van der Waals surface area contributed by atoms with Gasteiger partial charge in [-0.1, -0.05) is 37.6 Å². The second kappa shape index (κ2) is 4.62. The van der Waals surface area contributed by atoms with E-state index in [0.717, 1.165) is 12.0 Å². The van der Waals surface area contributed by atoms with E-state index in [1.54, 1.807) is 6.07 Å². The summed E-state index contributed by atoms with van der Waals surface area (Å²) in [5, 5.41) is 18.1. The van der Waals surface area contributed by atoms with Crippen molar-refractivity contribution in [2.75, 3.05) is 0 Å². The monoisotopic (exact) mass is 192 g/mol. The molecule has 0 aliphatic rings. The zero-order chi connectivity index (χ0) is 10.7. The van der Waals surface area contributed by atoms with E-state index in [1.165, 1.54) is 5.56 Å². The summed E-state index contributed by atoms with van der Waals surface area (Å²) < 4.78 is 0. The molecule has 1 aromatic carbocycles. The molecule has 0 bridgehead atoms. The van der Waals surface area contributed by atoms with Crippen molar-refractivity contribution in [2.24, 2.45) is 5.92 Å². The lowest BCUT2D eigenvalue weighted by molar-refractivity contribution is 0.425. The second-order valence-corrected chi connectivity index (χ2v) is 4.22. The number of benzene rings is 1. The van der Waals surface area contributed by atoms with Gasteiger partial charge in [0.05, 0.1) is 0 Å². The standard InChI is InChI=1S/C11H17BO2/c1-8(2)4-10-5-9(3)6-11(7-10)12(13)14/h5-8,13-14H,4H2,1-3H3. The molecule has 0 unspecified atom stereocenters. The Bertz CT molecular complexity index is 308. The zero-order valence-corrected chi connectivity index (χ0v) is 8.99. The Morgan fingerprint density at radius 3 is 2.36 bits per heavy atom. The van der Waals surface area contributed by atoms with Gasteiger partial charge in [0.1, 0.15) is 0 Å². The van der Waals surface area contributed by atoms with Crippen LogP contribution in [-0.2, 0) is 6.42 Å². The van der Waals surface area contributed by atoms with Crippen molar-refractivity contribution < 1.29 is 10.0 Å². The highest BCUT2D eigenvalue weighted by molar-refractivity contribution is 6.58. The fourth-order valence-electron chi connectivity index (χ4n) is 1.63. The van der Waals surface area contributed by atoms with Crippen LogP contribution in [0.2, 0.25) is 0 Å². The quantitative estimate of drug-likeness (QED) is 0.697. The molecule has 3 heteroatoms. The lowest BCUT2D eigenvalue weighted by atomic mass is 9.78. The molecular formula is C11H17BO2. The predicted octanol–water partition coefficient (Wildman–Crippen LogP) is 0.873. The van der Waals surface area contributed by atoms with Crippen molar-refractivity contribution in [3.63, 3.8) is 0 Å². The summed E-state index contributed by atoms with van der Waals surface area (Å²) in [5.74, 6) is 0.584. The summed E-state index contributed by atoms with van der Waals surface area (Å²) in [5.41, 5.74) is 2.83. The number of aryl methyl sites for hydroxylation is 1. The van der Waals surface area contributed by atoms with E-state index in [9.17, 15) is 0 Å². The summed E-state index contributed by atoms with van der Waals surface area (Å²) >= 11 is 0. The van der Waals surface area contributed by atoms with Crippen LogP contribution in [-0.4, -0.2) is 17.2 Å². The van der Waals surface area contributed by atoms with E-state index in [-0.39, 0.29) is 0 Å². The molecule has 0 saturated heterocycles. The van der Waals surface area contributed by atoms with Crippen LogP contribution in [0.1, 0.15) is 25.0 Å². The third-order valence-electron chi connectivity index (χ3n) is 2.10. The van der Waals surface area contributed by atoms with Gasteiger partial charge in [-0.05, 0) is 30.3 Å². The van der Waals surface area contributed by atoms with E-state index < -0.39 is 7.12 Å². The van der Waals surface area contributed by atoms with Gasteiger partial charge < -0.3 is 10.0 Å². The van der Waals surface area contributed by atoms with E-state index in [4.69, 9.17) is 10.0 Å². The normalized spacial score (nSPS) is 10.7. The topological polar surface area (TPSA) is 40.5 Å². The maximum atomic E-state index is 9.06. The number of hydrogen-bond donors (Lipinski definition) is 2. The Morgan fingerprint density at radius 1 is 1.21 bits per heavy atom. The van der Waals surface area contributed by atoms with Gasteiger partial charge in [-0.2, -0.15) is 0 Å². The molecule has 0 saturated carbocycles. The Kier molecular flexibility index (Phi) is 3.73. The Balaban J connectivity index is 2.95. The molecule has 14 heavy (non-hydrogen) atoms. The highest BCUT2D eigenvalue weighted by Gasteiger charge is 2.12. The molecule has 0 heterocycles. The maximum Gasteiger partial charge on any atom is 0.488 e. The maximum absolute atomic E-state index is 9.06. The van der Waals surface area contributed by atoms with Crippen LogP contribution in [0.5, 0.6) is 0 Å². The fraction of sp³-hybridized carbons (Fsp3) is 0.455. The summed E-state index contributed by atoms with van der Waals surface area (Å²) in [4.78, 5) is 0. The van der Waals surface area contributed by atoms with Crippen molar-refractivity contribution in [1.29, 1.82) is 0 Å². The van der Waals surface area contributed by atoms with Gasteiger partial charge >= 0.3 is 7.12 Å². The van der Waals surface area contributed by atoms with Gasteiger partial charge in [0.15, 0.2) is 0 Å². The first-order valence-electron chi connectivity index (χ1n) is 4.95. The van der Waals surface area contributed by atoms with Gasteiger partial charge in [-0.15, -0.1) is 0 Å². The first kappa shape index (κ1) is 11.3. The van der Waals surface area contributed by atoms with Crippen LogP contribution in [0, 0.1) is 12.8 Å². The van der Waals surface area contributed by atoms with Crippen LogP contribution in [0.25, 0.3) is 0 Å². The van der Waals surface area contributed by atoms with Crippen molar-refractivity contribution in [1.82, 2.24) is 0 Å². The van der Waals surface area contributed by atoms with Crippen LogP contribution < -0.4 is 5.46 Å². The van der Waals surface area contributed by atoms with E-state index in [1.807, 2.05) is 13.0 Å². The van der Waals surface area contributed by atoms with Gasteiger partial charge in [-0.25, -0.2) is 0 Å². The van der Waals surface area contributed by atoms with Crippen LogP contribution >= 0.6 is 0 Å². The van der Waals surface area contributed by atoms with Gasteiger partial charge in [-0.3, -0.25) is 0 Å². The summed E-state index contributed by atoms with van der Waals surface area (Å²) in [6, 6.07) is 5.75. The third kappa shape index (κ3) is 3.16. The molecule has 0 radical (unpaired) electrons. The Hall–Kier alpha value is -0.795. The molecule has 0 atom stereocenters. The average Bonchev–Trinajstić information content (AvgIpc) is 2.01. The average molecular weight is 192 g/mol. The first-order chi connectivity index (χ1) is 6.49. The largest absolute Gasteiger partial charge is 0.488 e. The zero-order valence-electron chi connectivity index (χ0n) is 8.99. The minimum absolute atomic E-state index is 0.584. The molecule has 0 aliphatic carbocycles. The molecule has 0 fully saturated rings. The highest BCUT2D eigenvalue weighted by Crippen LogP contribution is 2.08. The Labute approximate surface area is 85.7 Å². The lowest BCUT2D eigenvalue weighted by Gasteiger charge is -2.09. The SMILES string of the molecule is Cc1cc(CC(C)C)cc(B(O)O)c1. The molecule has 0 aliphatic heterocycles. The third-order valence-corrected chi connectivity index (χ3v) is 2.10. The Morgan fingerprint density at radius 2 is 1.86 bits per heavy atom. The molecule has 2 nitrogen and oxygen atoms in total. The predicted molar refractivity (Wildman–Crippen MR) is 59.5 cm³/mol. The smallest absolute Gasteiger partial charge is 0.423 e. The van der Waals surface area contributed by atoms with E-state index in [2.05, 4.69) is 19.9 Å². The molecule has 0 amide bonds. The van der Waals surface area contributed by atoms with Gasteiger partial charge in [0.25, 0.3) is 0 Å². The van der Waals surface area contributed by atoms with Crippen LogP contribution in [0.4, 0.5) is 0 Å².